The van der Waals surface area contributed by atoms with Gasteiger partial charge < -0.3 is 9.47 Å². The molecular formula is C26H20FIN2O4S. The number of nitrogens with one attached hydrogen (secondary N) is 1. The number of benzene rings is 3. The number of amides is 2. The number of rotatable bonds is 7. The van der Waals surface area contributed by atoms with Crippen molar-refractivity contribution in [3.8, 4) is 11.5 Å². The molecular weight excluding hydrogens is 582 g/mol. The van der Waals surface area contributed by atoms with Crippen LogP contribution in [0.5, 0.6) is 11.5 Å². The van der Waals surface area contributed by atoms with Crippen molar-refractivity contribution in [1.29, 1.82) is 0 Å². The smallest absolute Gasteiger partial charge is 0.270 e. The average Bonchev–Trinajstić information content (AvgIpc) is 2.83. The first-order valence-corrected chi connectivity index (χ1v) is 12.2. The zero-order valence-electron chi connectivity index (χ0n) is 18.6. The van der Waals surface area contributed by atoms with E-state index in [1.165, 1.54) is 30.3 Å². The molecule has 0 spiro atoms. The molecule has 0 atom stereocenters. The van der Waals surface area contributed by atoms with Gasteiger partial charge in [-0.05, 0) is 95.3 Å². The summed E-state index contributed by atoms with van der Waals surface area (Å²) in [5.41, 5.74) is 1.83. The summed E-state index contributed by atoms with van der Waals surface area (Å²) in [7, 11) is 0. The third kappa shape index (κ3) is 5.68. The number of carbonyl (C=O) groups excluding carboxylic acids is 2. The molecule has 1 aliphatic heterocycles. The average molecular weight is 602 g/mol. The highest BCUT2D eigenvalue weighted by Crippen LogP contribution is 2.36. The van der Waals surface area contributed by atoms with Crippen molar-refractivity contribution < 1.29 is 23.5 Å². The Morgan fingerprint density at radius 3 is 2.46 bits per heavy atom. The van der Waals surface area contributed by atoms with Crippen LogP contribution in [0.4, 0.5) is 10.1 Å². The van der Waals surface area contributed by atoms with Gasteiger partial charge in [-0.1, -0.05) is 30.3 Å². The van der Waals surface area contributed by atoms with Crippen LogP contribution >= 0.6 is 34.8 Å². The molecule has 1 heterocycles. The first-order valence-electron chi connectivity index (χ1n) is 10.7. The third-order valence-corrected chi connectivity index (χ3v) is 6.14. The maximum Gasteiger partial charge on any atom is 0.270 e. The van der Waals surface area contributed by atoms with Crippen LogP contribution in [0, 0.1) is 9.39 Å². The van der Waals surface area contributed by atoms with E-state index < -0.39 is 17.6 Å². The van der Waals surface area contributed by atoms with Gasteiger partial charge in [-0.3, -0.25) is 19.8 Å². The van der Waals surface area contributed by atoms with Crippen molar-refractivity contribution >= 4 is 63.5 Å². The van der Waals surface area contributed by atoms with Crippen LogP contribution in [0.2, 0.25) is 0 Å². The summed E-state index contributed by atoms with van der Waals surface area (Å²) in [6.07, 6.45) is 1.47. The zero-order valence-corrected chi connectivity index (χ0v) is 21.6. The summed E-state index contributed by atoms with van der Waals surface area (Å²) in [6, 6.07) is 18.5. The van der Waals surface area contributed by atoms with Crippen molar-refractivity contribution in [3.63, 3.8) is 0 Å². The van der Waals surface area contributed by atoms with Crippen molar-refractivity contribution in [2.24, 2.45) is 0 Å². The van der Waals surface area contributed by atoms with E-state index in [2.05, 4.69) is 27.9 Å². The van der Waals surface area contributed by atoms with Gasteiger partial charge in [-0.15, -0.1) is 0 Å². The Kier molecular flexibility index (Phi) is 7.76. The Labute approximate surface area is 220 Å². The number of halogens is 2. The fourth-order valence-electron chi connectivity index (χ4n) is 3.45. The van der Waals surface area contributed by atoms with Gasteiger partial charge in [0.2, 0.25) is 0 Å². The Bertz CT molecular complexity index is 1310. The van der Waals surface area contributed by atoms with Crippen molar-refractivity contribution in [2.75, 3.05) is 11.5 Å². The summed E-state index contributed by atoms with van der Waals surface area (Å²) in [6.45, 7) is 2.63. The van der Waals surface area contributed by atoms with E-state index in [9.17, 15) is 14.0 Å². The summed E-state index contributed by atoms with van der Waals surface area (Å²) in [4.78, 5) is 27.0. The number of ether oxygens (including phenoxy) is 2. The molecule has 0 unspecified atom stereocenters. The summed E-state index contributed by atoms with van der Waals surface area (Å²) in [5.74, 6) is -0.598. The van der Waals surface area contributed by atoms with E-state index in [0.29, 0.717) is 36.0 Å². The van der Waals surface area contributed by atoms with Crippen molar-refractivity contribution in [1.82, 2.24) is 5.32 Å². The molecule has 9 heteroatoms. The second-order valence-electron chi connectivity index (χ2n) is 7.47. The van der Waals surface area contributed by atoms with Crippen LogP contribution < -0.4 is 19.7 Å². The molecule has 0 bridgehead atoms. The van der Waals surface area contributed by atoms with Crippen molar-refractivity contribution in [3.05, 3.63) is 92.8 Å². The van der Waals surface area contributed by atoms with Crippen LogP contribution in [0.3, 0.4) is 0 Å². The number of thiocarbonyl (C=S) groups is 1. The number of carbonyl (C=O) groups is 2. The number of nitrogens with zero attached hydrogens (tertiary/aromatic N) is 1. The molecule has 3 aromatic rings. The van der Waals surface area contributed by atoms with Crippen molar-refractivity contribution in [2.45, 2.75) is 13.5 Å². The third-order valence-electron chi connectivity index (χ3n) is 5.06. The fraction of sp³-hybridized carbons (Fsp3) is 0.115. The largest absolute Gasteiger partial charge is 0.490 e. The molecule has 1 saturated heterocycles. The van der Waals surface area contributed by atoms with Gasteiger partial charge >= 0.3 is 0 Å². The summed E-state index contributed by atoms with van der Waals surface area (Å²) < 4.78 is 25.9. The van der Waals surface area contributed by atoms with Crippen LogP contribution in [0.15, 0.2) is 72.3 Å². The molecule has 0 saturated carbocycles. The maximum atomic E-state index is 13.4. The first-order chi connectivity index (χ1) is 16.9. The minimum absolute atomic E-state index is 0.0713. The van der Waals surface area contributed by atoms with E-state index in [4.69, 9.17) is 21.7 Å². The topological polar surface area (TPSA) is 67.9 Å². The van der Waals surface area contributed by atoms with Gasteiger partial charge in [0.15, 0.2) is 16.6 Å². The van der Waals surface area contributed by atoms with Gasteiger partial charge in [0, 0.05) is 0 Å². The highest BCUT2D eigenvalue weighted by molar-refractivity contribution is 14.1. The molecule has 4 rings (SSSR count). The van der Waals surface area contributed by atoms with E-state index in [1.54, 1.807) is 12.1 Å². The molecule has 0 aromatic heterocycles. The van der Waals surface area contributed by atoms with E-state index in [0.717, 1.165) is 14.0 Å². The number of hydrogen-bond donors (Lipinski definition) is 1. The second kappa shape index (κ2) is 11.0. The van der Waals surface area contributed by atoms with E-state index >= 15 is 0 Å². The lowest BCUT2D eigenvalue weighted by molar-refractivity contribution is -0.122. The molecule has 1 aliphatic rings. The van der Waals surface area contributed by atoms with Crippen LogP contribution in [0.25, 0.3) is 6.08 Å². The quantitative estimate of drug-likeness (QED) is 0.174. The van der Waals surface area contributed by atoms with Crippen LogP contribution in [0.1, 0.15) is 18.1 Å². The van der Waals surface area contributed by atoms with Crippen LogP contribution in [-0.4, -0.2) is 23.5 Å². The molecule has 1 N–H and O–H groups in total. The lowest BCUT2D eigenvalue weighted by Crippen LogP contribution is -2.54. The predicted molar refractivity (Wildman–Crippen MR) is 144 cm³/mol. The van der Waals surface area contributed by atoms with Gasteiger partial charge in [0.25, 0.3) is 11.8 Å². The lowest BCUT2D eigenvalue weighted by Gasteiger charge is -2.29. The molecule has 178 valence electrons. The van der Waals surface area contributed by atoms with Crippen LogP contribution in [-0.2, 0) is 16.2 Å². The van der Waals surface area contributed by atoms with E-state index in [-0.39, 0.29) is 10.7 Å². The SMILES string of the molecule is CCOc1cc(/C=C2/C(=O)NC(=S)N(c3ccc(F)cc3)C2=O)cc(I)c1OCc1ccccc1. The van der Waals surface area contributed by atoms with Gasteiger partial charge in [-0.25, -0.2) is 4.39 Å². The normalized spacial score (nSPS) is 14.8. The zero-order chi connectivity index (χ0) is 24.9. The molecule has 35 heavy (non-hydrogen) atoms. The Balaban J connectivity index is 1.66. The van der Waals surface area contributed by atoms with E-state index in [1.807, 2.05) is 37.3 Å². The first kappa shape index (κ1) is 24.8. The highest BCUT2D eigenvalue weighted by atomic mass is 127. The molecule has 2 amide bonds. The van der Waals surface area contributed by atoms with Gasteiger partial charge in [-0.2, -0.15) is 0 Å². The lowest BCUT2D eigenvalue weighted by atomic mass is 10.1. The maximum absolute atomic E-state index is 13.4. The Morgan fingerprint density at radius 1 is 1.06 bits per heavy atom. The number of anilines is 1. The molecule has 0 radical (unpaired) electrons. The molecule has 1 fully saturated rings. The monoisotopic (exact) mass is 602 g/mol. The second-order valence-corrected chi connectivity index (χ2v) is 9.02. The van der Waals surface area contributed by atoms with Gasteiger partial charge in [0.1, 0.15) is 18.0 Å². The standard InChI is InChI=1S/C26H20FIN2O4S/c1-2-33-22-14-17(13-21(28)23(22)34-15-16-6-4-3-5-7-16)12-20-24(31)29-26(35)30(25(20)32)19-10-8-18(27)9-11-19/h3-14H,2,15H2,1H3,(H,29,31,35)/b20-12-. The fourth-order valence-corrected chi connectivity index (χ4v) is 4.51. The van der Waals surface area contributed by atoms with Gasteiger partial charge in [0.05, 0.1) is 15.9 Å². The molecule has 0 aliphatic carbocycles. The minimum atomic E-state index is -0.615. The highest BCUT2D eigenvalue weighted by Gasteiger charge is 2.34. The molecule has 6 nitrogen and oxygen atoms in total. The predicted octanol–water partition coefficient (Wildman–Crippen LogP) is 5.24. The summed E-state index contributed by atoms with van der Waals surface area (Å²) in [5, 5.41) is 2.45. The Hall–Kier alpha value is -3.31. The molecule has 3 aromatic carbocycles. The summed E-state index contributed by atoms with van der Waals surface area (Å²) >= 11 is 7.32. The number of hydrogen-bond acceptors (Lipinski definition) is 5. The Morgan fingerprint density at radius 2 is 1.77 bits per heavy atom. The minimum Gasteiger partial charge on any atom is -0.490 e.